The molecule has 15 heavy (non-hydrogen) atoms. The standard InChI is InChI=1S/C11H22F2N2/c1-3-14-9(2)10-6-4-5-7-15(10)8-11(12)13/h9-11,14H,3-8H2,1-2H3. The number of piperidine rings is 1. The highest BCUT2D eigenvalue weighted by Crippen LogP contribution is 2.20. The van der Waals surface area contributed by atoms with E-state index >= 15 is 0 Å². The fourth-order valence-corrected chi connectivity index (χ4v) is 2.44. The van der Waals surface area contributed by atoms with Gasteiger partial charge < -0.3 is 5.32 Å². The maximum Gasteiger partial charge on any atom is 0.251 e. The molecule has 1 fully saturated rings. The normalized spacial score (nSPS) is 25.8. The predicted octanol–water partition coefficient (Wildman–Crippen LogP) is 2.10. The second kappa shape index (κ2) is 6.38. The third kappa shape index (κ3) is 4.03. The highest BCUT2D eigenvalue weighted by atomic mass is 19.3. The third-order valence-corrected chi connectivity index (χ3v) is 3.14. The lowest BCUT2D eigenvalue weighted by Gasteiger charge is -2.39. The minimum absolute atomic E-state index is 0.0690. The average molecular weight is 220 g/mol. The molecule has 90 valence electrons. The van der Waals surface area contributed by atoms with Crippen LogP contribution in [0.4, 0.5) is 8.78 Å². The quantitative estimate of drug-likeness (QED) is 0.763. The van der Waals surface area contributed by atoms with Crippen molar-refractivity contribution in [3.05, 3.63) is 0 Å². The van der Waals surface area contributed by atoms with E-state index in [1.165, 1.54) is 6.42 Å². The predicted molar refractivity (Wildman–Crippen MR) is 58.4 cm³/mol. The van der Waals surface area contributed by atoms with Gasteiger partial charge in [-0.3, -0.25) is 4.90 Å². The molecule has 2 unspecified atom stereocenters. The van der Waals surface area contributed by atoms with Gasteiger partial charge in [-0.2, -0.15) is 0 Å². The van der Waals surface area contributed by atoms with Crippen molar-refractivity contribution in [2.75, 3.05) is 19.6 Å². The van der Waals surface area contributed by atoms with Crippen LogP contribution in [0.1, 0.15) is 33.1 Å². The first-order valence-electron chi connectivity index (χ1n) is 5.90. The lowest BCUT2D eigenvalue weighted by molar-refractivity contribution is 0.0388. The first kappa shape index (κ1) is 12.8. The Balaban J connectivity index is 2.48. The van der Waals surface area contributed by atoms with Crippen molar-refractivity contribution in [1.29, 1.82) is 0 Å². The number of alkyl halides is 2. The van der Waals surface area contributed by atoms with Crippen LogP contribution in [0.25, 0.3) is 0 Å². The highest BCUT2D eigenvalue weighted by molar-refractivity contribution is 4.85. The summed E-state index contributed by atoms with van der Waals surface area (Å²) in [5.74, 6) is 0. The number of hydrogen-bond acceptors (Lipinski definition) is 2. The number of likely N-dealkylation sites (N-methyl/N-ethyl adjacent to an activating group) is 1. The molecular formula is C11H22F2N2. The number of hydrogen-bond donors (Lipinski definition) is 1. The lowest BCUT2D eigenvalue weighted by Crippen LogP contribution is -2.52. The Morgan fingerprint density at radius 2 is 2.13 bits per heavy atom. The van der Waals surface area contributed by atoms with Crippen molar-refractivity contribution in [1.82, 2.24) is 10.2 Å². The number of halogens is 2. The summed E-state index contributed by atoms with van der Waals surface area (Å²) >= 11 is 0. The maximum atomic E-state index is 12.4. The molecule has 0 aromatic heterocycles. The van der Waals surface area contributed by atoms with Gasteiger partial charge in [-0.25, -0.2) is 8.78 Å². The summed E-state index contributed by atoms with van der Waals surface area (Å²) in [6.45, 7) is 5.81. The zero-order chi connectivity index (χ0) is 11.3. The largest absolute Gasteiger partial charge is 0.313 e. The van der Waals surface area contributed by atoms with E-state index in [-0.39, 0.29) is 12.6 Å². The molecule has 1 aliphatic heterocycles. The highest BCUT2D eigenvalue weighted by Gasteiger charge is 2.28. The first-order valence-corrected chi connectivity index (χ1v) is 5.90. The SMILES string of the molecule is CCNC(C)C1CCCCN1CC(F)F. The van der Waals surface area contributed by atoms with E-state index < -0.39 is 6.43 Å². The van der Waals surface area contributed by atoms with E-state index in [2.05, 4.69) is 19.2 Å². The molecule has 4 heteroatoms. The van der Waals surface area contributed by atoms with Crippen LogP contribution in [0.2, 0.25) is 0 Å². The smallest absolute Gasteiger partial charge is 0.251 e. The molecule has 1 rings (SSSR count). The van der Waals surface area contributed by atoms with Gasteiger partial charge in [-0.1, -0.05) is 13.3 Å². The summed E-state index contributed by atoms with van der Waals surface area (Å²) in [6, 6.07) is 0.599. The Morgan fingerprint density at radius 1 is 1.40 bits per heavy atom. The Labute approximate surface area is 91.0 Å². The Bertz CT molecular complexity index is 176. The van der Waals surface area contributed by atoms with Crippen LogP contribution in [0.15, 0.2) is 0 Å². The van der Waals surface area contributed by atoms with E-state index in [0.717, 1.165) is 25.9 Å². The molecule has 1 saturated heterocycles. The van der Waals surface area contributed by atoms with E-state index in [0.29, 0.717) is 6.04 Å². The fourth-order valence-electron chi connectivity index (χ4n) is 2.44. The number of likely N-dealkylation sites (tertiary alicyclic amines) is 1. The third-order valence-electron chi connectivity index (χ3n) is 3.14. The number of rotatable bonds is 5. The van der Waals surface area contributed by atoms with Crippen LogP contribution in [0.5, 0.6) is 0 Å². The molecule has 2 nitrogen and oxygen atoms in total. The molecule has 1 N–H and O–H groups in total. The van der Waals surface area contributed by atoms with E-state index in [1.54, 1.807) is 0 Å². The first-order chi connectivity index (χ1) is 7.15. The van der Waals surface area contributed by atoms with Gasteiger partial charge in [0.2, 0.25) is 0 Å². The molecule has 0 aromatic carbocycles. The summed E-state index contributed by atoms with van der Waals surface area (Å²) in [5, 5.41) is 3.33. The lowest BCUT2D eigenvalue weighted by atomic mass is 9.96. The minimum Gasteiger partial charge on any atom is -0.313 e. The summed E-state index contributed by atoms with van der Waals surface area (Å²) in [5.41, 5.74) is 0. The average Bonchev–Trinajstić information content (AvgIpc) is 2.18. The van der Waals surface area contributed by atoms with Crippen LogP contribution >= 0.6 is 0 Å². The Kier molecular flexibility index (Phi) is 5.47. The van der Waals surface area contributed by atoms with Gasteiger partial charge in [0.05, 0.1) is 6.54 Å². The van der Waals surface area contributed by atoms with Crippen molar-refractivity contribution in [3.8, 4) is 0 Å². The molecule has 1 aliphatic rings. The van der Waals surface area contributed by atoms with Gasteiger partial charge in [-0.05, 0) is 32.9 Å². The van der Waals surface area contributed by atoms with Crippen molar-refractivity contribution in [2.24, 2.45) is 0 Å². The number of nitrogens with zero attached hydrogens (tertiary/aromatic N) is 1. The van der Waals surface area contributed by atoms with Gasteiger partial charge in [0.15, 0.2) is 0 Å². The van der Waals surface area contributed by atoms with Gasteiger partial charge in [-0.15, -0.1) is 0 Å². The Morgan fingerprint density at radius 3 is 2.73 bits per heavy atom. The van der Waals surface area contributed by atoms with E-state index in [9.17, 15) is 8.78 Å². The van der Waals surface area contributed by atoms with Crippen LogP contribution < -0.4 is 5.32 Å². The number of nitrogens with one attached hydrogen (secondary N) is 1. The second-order valence-corrected chi connectivity index (χ2v) is 4.30. The molecular weight excluding hydrogens is 198 g/mol. The van der Waals surface area contributed by atoms with E-state index in [4.69, 9.17) is 0 Å². The zero-order valence-electron chi connectivity index (χ0n) is 9.68. The van der Waals surface area contributed by atoms with Gasteiger partial charge in [0, 0.05) is 12.1 Å². The summed E-state index contributed by atoms with van der Waals surface area (Å²) in [4.78, 5) is 1.95. The van der Waals surface area contributed by atoms with Gasteiger partial charge in [0.25, 0.3) is 6.43 Å². The van der Waals surface area contributed by atoms with Crippen LogP contribution in [-0.4, -0.2) is 43.0 Å². The van der Waals surface area contributed by atoms with Crippen LogP contribution in [0, 0.1) is 0 Å². The van der Waals surface area contributed by atoms with Crippen LogP contribution in [-0.2, 0) is 0 Å². The van der Waals surface area contributed by atoms with Crippen LogP contribution in [0.3, 0.4) is 0 Å². The molecule has 0 amide bonds. The molecule has 2 atom stereocenters. The van der Waals surface area contributed by atoms with Gasteiger partial charge in [0.1, 0.15) is 0 Å². The van der Waals surface area contributed by atoms with Crippen molar-refractivity contribution in [3.63, 3.8) is 0 Å². The molecule has 0 bridgehead atoms. The molecule has 0 aliphatic carbocycles. The molecule has 0 radical (unpaired) electrons. The molecule has 0 spiro atoms. The minimum atomic E-state index is -2.21. The van der Waals surface area contributed by atoms with E-state index in [1.807, 2.05) is 4.90 Å². The molecule has 0 aromatic rings. The monoisotopic (exact) mass is 220 g/mol. The van der Waals surface area contributed by atoms with Gasteiger partial charge >= 0.3 is 0 Å². The summed E-state index contributed by atoms with van der Waals surface area (Å²) in [6.07, 6.45) is 1.06. The topological polar surface area (TPSA) is 15.3 Å². The molecule has 0 saturated carbocycles. The second-order valence-electron chi connectivity index (χ2n) is 4.30. The fraction of sp³-hybridized carbons (Fsp3) is 1.00. The van der Waals surface area contributed by atoms with Crippen molar-refractivity contribution < 1.29 is 8.78 Å². The summed E-state index contributed by atoms with van der Waals surface area (Å²) < 4.78 is 24.8. The van der Waals surface area contributed by atoms with Crippen molar-refractivity contribution >= 4 is 0 Å². The zero-order valence-corrected chi connectivity index (χ0v) is 9.68. The van der Waals surface area contributed by atoms with Crippen molar-refractivity contribution in [2.45, 2.75) is 51.6 Å². The molecule has 1 heterocycles. The Hall–Kier alpha value is -0.220. The maximum absolute atomic E-state index is 12.4. The summed E-state index contributed by atoms with van der Waals surface area (Å²) in [7, 11) is 0.